The average molecular weight is 424 g/mol. The van der Waals surface area contributed by atoms with Crippen LogP contribution in [0.15, 0.2) is 54.4 Å². The Kier molecular flexibility index (Phi) is 5.87. The van der Waals surface area contributed by atoms with Gasteiger partial charge in [0, 0.05) is 22.7 Å². The quantitative estimate of drug-likeness (QED) is 0.557. The van der Waals surface area contributed by atoms with Crippen molar-refractivity contribution >= 4 is 45.3 Å². The normalized spacial score (nSPS) is 12.8. The molecule has 0 fully saturated rings. The third kappa shape index (κ3) is 4.31. The van der Waals surface area contributed by atoms with Gasteiger partial charge in [0.05, 0.1) is 10.6 Å². The SMILES string of the molecule is C=CCN(C(=O)c1cccc(NC(=O)c2cccs2)c1)c1nc2c(s1)CCCC2. The van der Waals surface area contributed by atoms with E-state index in [0.29, 0.717) is 22.7 Å². The van der Waals surface area contributed by atoms with Crippen LogP contribution in [0.5, 0.6) is 0 Å². The first-order valence-electron chi connectivity index (χ1n) is 9.52. The molecule has 29 heavy (non-hydrogen) atoms. The number of carbonyl (C=O) groups excluding carboxylic acids is 2. The molecule has 0 spiro atoms. The Morgan fingerprint density at radius 1 is 1.21 bits per heavy atom. The number of fused-ring (bicyclic) bond motifs is 1. The van der Waals surface area contributed by atoms with Crippen molar-refractivity contribution in [1.29, 1.82) is 0 Å². The number of rotatable bonds is 6. The van der Waals surface area contributed by atoms with Crippen molar-refractivity contribution in [3.05, 3.63) is 75.4 Å². The first-order chi connectivity index (χ1) is 14.2. The maximum absolute atomic E-state index is 13.2. The number of nitrogens with zero attached hydrogens (tertiary/aromatic N) is 2. The number of aromatic nitrogens is 1. The molecule has 2 amide bonds. The lowest BCUT2D eigenvalue weighted by Gasteiger charge is -2.18. The minimum absolute atomic E-state index is 0.150. The molecule has 0 saturated heterocycles. The van der Waals surface area contributed by atoms with Crippen molar-refractivity contribution in [3.63, 3.8) is 0 Å². The van der Waals surface area contributed by atoms with Gasteiger partial charge in [-0.3, -0.25) is 14.5 Å². The first-order valence-corrected chi connectivity index (χ1v) is 11.2. The molecule has 0 radical (unpaired) electrons. The fourth-order valence-electron chi connectivity index (χ4n) is 3.32. The van der Waals surface area contributed by atoms with Crippen LogP contribution in [0.2, 0.25) is 0 Å². The number of thiazole rings is 1. The average Bonchev–Trinajstić information content (AvgIpc) is 3.41. The maximum atomic E-state index is 13.2. The van der Waals surface area contributed by atoms with Crippen molar-refractivity contribution in [1.82, 2.24) is 4.98 Å². The molecule has 1 aliphatic rings. The summed E-state index contributed by atoms with van der Waals surface area (Å²) in [6, 6.07) is 10.6. The summed E-state index contributed by atoms with van der Waals surface area (Å²) in [4.78, 5) is 33.9. The number of hydrogen-bond acceptors (Lipinski definition) is 5. The molecule has 0 saturated carbocycles. The van der Waals surface area contributed by atoms with Gasteiger partial charge in [0.2, 0.25) is 0 Å². The van der Waals surface area contributed by atoms with Gasteiger partial charge < -0.3 is 5.32 Å². The van der Waals surface area contributed by atoms with Crippen LogP contribution >= 0.6 is 22.7 Å². The number of benzene rings is 1. The van der Waals surface area contributed by atoms with Crippen LogP contribution in [0.1, 0.15) is 43.4 Å². The number of anilines is 2. The van der Waals surface area contributed by atoms with Crippen LogP contribution in [0, 0.1) is 0 Å². The summed E-state index contributed by atoms with van der Waals surface area (Å²) in [7, 11) is 0. The summed E-state index contributed by atoms with van der Waals surface area (Å²) in [6.07, 6.45) is 6.05. The highest BCUT2D eigenvalue weighted by atomic mass is 32.1. The van der Waals surface area contributed by atoms with Gasteiger partial charge in [0.15, 0.2) is 5.13 Å². The second kappa shape index (κ2) is 8.71. The smallest absolute Gasteiger partial charge is 0.265 e. The second-order valence-electron chi connectivity index (χ2n) is 6.79. The van der Waals surface area contributed by atoms with Crippen molar-refractivity contribution in [3.8, 4) is 0 Å². The Balaban J connectivity index is 1.57. The minimum Gasteiger partial charge on any atom is -0.321 e. The molecule has 1 aromatic carbocycles. The van der Waals surface area contributed by atoms with Crippen LogP contribution in [0.3, 0.4) is 0 Å². The third-order valence-corrected chi connectivity index (χ3v) is 6.78. The van der Waals surface area contributed by atoms with E-state index in [1.165, 1.54) is 22.6 Å². The van der Waals surface area contributed by atoms with Crippen LogP contribution in [-0.4, -0.2) is 23.3 Å². The Morgan fingerprint density at radius 3 is 2.83 bits per heavy atom. The summed E-state index contributed by atoms with van der Waals surface area (Å²) < 4.78 is 0. The molecule has 148 valence electrons. The summed E-state index contributed by atoms with van der Waals surface area (Å²) >= 11 is 2.97. The Bertz CT molecular complexity index is 1020. The van der Waals surface area contributed by atoms with Gasteiger partial charge in [-0.2, -0.15) is 0 Å². The van der Waals surface area contributed by atoms with E-state index in [1.54, 1.807) is 52.6 Å². The van der Waals surface area contributed by atoms with E-state index in [4.69, 9.17) is 4.98 Å². The zero-order valence-corrected chi connectivity index (χ0v) is 17.5. The van der Waals surface area contributed by atoms with Crippen LogP contribution in [0.25, 0.3) is 0 Å². The largest absolute Gasteiger partial charge is 0.321 e. The second-order valence-corrected chi connectivity index (χ2v) is 8.80. The summed E-state index contributed by atoms with van der Waals surface area (Å²) in [5.74, 6) is -0.330. The molecule has 1 aliphatic carbocycles. The molecule has 0 atom stereocenters. The molecule has 7 heteroatoms. The predicted molar refractivity (Wildman–Crippen MR) is 119 cm³/mol. The number of nitrogens with one attached hydrogen (secondary N) is 1. The number of carbonyl (C=O) groups is 2. The molecule has 2 aromatic heterocycles. The molecular weight excluding hydrogens is 402 g/mol. The minimum atomic E-state index is -0.180. The first kappa shape index (κ1) is 19.5. The van der Waals surface area contributed by atoms with Gasteiger partial charge in [-0.15, -0.1) is 29.3 Å². The number of thiophene rings is 1. The van der Waals surface area contributed by atoms with Gasteiger partial charge >= 0.3 is 0 Å². The Morgan fingerprint density at radius 2 is 2.07 bits per heavy atom. The molecule has 2 heterocycles. The monoisotopic (exact) mass is 423 g/mol. The fraction of sp³-hybridized carbons (Fsp3) is 0.227. The van der Waals surface area contributed by atoms with Gasteiger partial charge in [-0.25, -0.2) is 4.98 Å². The van der Waals surface area contributed by atoms with E-state index in [1.807, 2.05) is 11.4 Å². The number of aryl methyl sites for hydroxylation is 2. The highest BCUT2D eigenvalue weighted by Crippen LogP contribution is 2.32. The highest BCUT2D eigenvalue weighted by molar-refractivity contribution is 7.16. The molecule has 1 N–H and O–H groups in total. The summed E-state index contributed by atoms with van der Waals surface area (Å²) in [5.41, 5.74) is 2.21. The zero-order valence-electron chi connectivity index (χ0n) is 15.9. The van der Waals surface area contributed by atoms with Crippen LogP contribution in [0.4, 0.5) is 10.8 Å². The van der Waals surface area contributed by atoms with Gasteiger partial charge in [0.1, 0.15) is 0 Å². The number of amides is 2. The van der Waals surface area contributed by atoms with E-state index < -0.39 is 0 Å². The molecule has 0 unspecified atom stereocenters. The Labute approximate surface area is 177 Å². The van der Waals surface area contributed by atoms with Crippen molar-refractivity contribution < 1.29 is 9.59 Å². The number of hydrogen-bond donors (Lipinski definition) is 1. The Hall–Kier alpha value is -2.77. The predicted octanol–water partition coefficient (Wildman–Crippen LogP) is 5.17. The summed E-state index contributed by atoms with van der Waals surface area (Å²) in [6.45, 7) is 4.18. The van der Waals surface area contributed by atoms with Crippen LogP contribution < -0.4 is 10.2 Å². The highest BCUT2D eigenvalue weighted by Gasteiger charge is 2.23. The van der Waals surface area contributed by atoms with Crippen molar-refractivity contribution in [2.75, 3.05) is 16.8 Å². The molecule has 3 aromatic rings. The summed E-state index contributed by atoms with van der Waals surface area (Å²) in [5, 5.41) is 5.43. The van der Waals surface area contributed by atoms with E-state index in [-0.39, 0.29) is 11.8 Å². The topological polar surface area (TPSA) is 62.3 Å². The van der Waals surface area contributed by atoms with Gasteiger partial charge in [-0.1, -0.05) is 18.2 Å². The van der Waals surface area contributed by atoms with Crippen LogP contribution in [-0.2, 0) is 12.8 Å². The van der Waals surface area contributed by atoms with Gasteiger partial charge in [0.25, 0.3) is 11.8 Å². The molecule has 5 nitrogen and oxygen atoms in total. The standard InChI is InChI=1S/C22H21N3O2S2/c1-2-12-25(22-24-17-9-3-4-10-18(17)29-22)21(27)15-7-5-8-16(14-15)23-20(26)19-11-6-13-28-19/h2,5-8,11,13-14H,1,3-4,9-10,12H2,(H,23,26). The lowest BCUT2D eigenvalue weighted by atomic mass is 10.0. The van der Waals surface area contributed by atoms with E-state index in [9.17, 15) is 9.59 Å². The van der Waals surface area contributed by atoms with Gasteiger partial charge in [-0.05, 0) is 55.3 Å². The van der Waals surface area contributed by atoms with E-state index in [0.717, 1.165) is 30.1 Å². The van der Waals surface area contributed by atoms with Crippen molar-refractivity contribution in [2.45, 2.75) is 25.7 Å². The van der Waals surface area contributed by atoms with E-state index in [2.05, 4.69) is 11.9 Å². The molecule has 0 aliphatic heterocycles. The molecule has 4 rings (SSSR count). The lowest BCUT2D eigenvalue weighted by Crippen LogP contribution is -2.31. The molecule has 0 bridgehead atoms. The van der Waals surface area contributed by atoms with E-state index >= 15 is 0 Å². The fourth-order valence-corrected chi connectivity index (χ4v) is 5.09. The van der Waals surface area contributed by atoms with Crippen molar-refractivity contribution in [2.24, 2.45) is 0 Å². The maximum Gasteiger partial charge on any atom is 0.265 e. The third-order valence-electron chi connectivity index (χ3n) is 4.73. The molecular formula is C22H21N3O2S2. The lowest BCUT2D eigenvalue weighted by molar-refractivity contribution is 0.0987. The zero-order chi connectivity index (χ0) is 20.2.